The zero-order chi connectivity index (χ0) is 42.6. The molecule has 65 heavy (non-hydrogen) atoms. The molecule has 0 aliphatic carbocycles. The Balaban J connectivity index is 0.995. The second kappa shape index (κ2) is 14.0. The molecule has 6 heteroatoms. The summed E-state index contributed by atoms with van der Waals surface area (Å²) in [5.41, 5.74) is 13.6. The number of pyridine rings is 1. The van der Waals surface area contributed by atoms with Crippen LogP contribution in [-0.4, -0.2) is 9.55 Å². The van der Waals surface area contributed by atoms with E-state index in [1.807, 2.05) is 41.8 Å². The Hall–Kier alpha value is -8.45. The minimum Gasteiger partial charge on any atom is -0.456 e. The van der Waals surface area contributed by atoms with Gasteiger partial charge in [0.25, 0.3) is 0 Å². The van der Waals surface area contributed by atoms with E-state index in [0.717, 1.165) is 99.7 Å². The summed E-state index contributed by atoms with van der Waals surface area (Å²) in [4.78, 5) is 7.14. The molecule has 5 nitrogen and oxygen atoms in total. The van der Waals surface area contributed by atoms with E-state index in [1.54, 1.807) is 0 Å². The SMILES string of the molecule is c1ccc(-c2cc3c4cc(-c5ccc6c7ccccc7n(-c7ccccn7)c6c5)ccc4oc3c3c2sc2c(N(c4ccccc4)c4ccc5c(c4)oc4ccccc45)cccc23)cc1. The monoisotopic (exact) mass is 849 g/mol. The molecule has 0 saturated carbocycles. The number of nitrogens with zero attached hydrogens (tertiary/aromatic N) is 3. The molecule has 0 aliphatic heterocycles. The Labute approximate surface area is 376 Å². The number of hydrogen-bond donors (Lipinski definition) is 0. The van der Waals surface area contributed by atoms with Gasteiger partial charge in [-0.25, -0.2) is 4.98 Å². The lowest BCUT2D eigenvalue weighted by molar-refractivity contribution is 0.669. The molecule has 14 rings (SSSR count). The molecule has 5 aromatic heterocycles. The van der Waals surface area contributed by atoms with Crippen LogP contribution in [0, 0.1) is 0 Å². The zero-order valence-corrected chi connectivity index (χ0v) is 35.6. The van der Waals surface area contributed by atoms with Gasteiger partial charge in [0.05, 0.1) is 21.4 Å². The summed E-state index contributed by atoms with van der Waals surface area (Å²) in [6.07, 6.45) is 1.86. The molecule has 9 aromatic carbocycles. The Morgan fingerprint density at radius 2 is 1.12 bits per heavy atom. The minimum absolute atomic E-state index is 0.860. The maximum absolute atomic E-state index is 7.02. The molecule has 0 saturated heterocycles. The maximum atomic E-state index is 7.02. The fourth-order valence-corrected chi connectivity index (χ4v) is 11.4. The number of benzene rings is 9. The summed E-state index contributed by atoms with van der Waals surface area (Å²) < 4.78 is 18.1. The van der Waals surface area contributed by atoms with Gasteiger partial charge in [0, 0.05) is 77.0 Å². The molecule has 304 valence electrons. The first-order valence-corrected chi connectivity index (χ1v) is 22.7. The van der Waals surface area contributed by atoms with E-state index in [1.165, 1.54) is 31.3 Å². The Kier molecular flexibility index (Phi) is 7.79. The van der Waals surface area contributed by atoms with Gasteiger partial charge in [0.15, 0.2) is 0 Å². The standard InChI is InChI=1S/C59H35N3O2S/c1-3-14-36(15-4-1)46-35-48-47-32-37(38-25-28-42-41-18-7-9-21-49(41)62(51(42)33-38)55-24-11-12-31-60-55)26-30-53(47)64-57(48)56-45-20-13-22-50(58(45)65-59(46)56)61(39-16-5-2-6-17-39)40-27-29-44-43-19-8-10-23-52(43)63-54(44)34-40/h1-35H. The second-order valence-electron chi connectivity index (χ2n) is 16.7. The van der Waals surface area contributed by atoms with Crippen LogP contribution in [0.25, 0.3) is 114 Å². The van der Waals surface area contributed by atoms with Crippen LogP contribution in [0.3, 0.4) is 0 Å². The van der Waals surface area contributed by atoms with Crippen molar-refractivity contribution in [3.05, 3.63) is 212 Å². The zero-order valence-electron chi connectivity index (χ0n) is 34.8. The van der Waals surface area contributed by atoms with E-state index in [2.05, 4.69) is 191 Å². The van der Waals surface area contributed by atoms with Crippen LogP contribution in [0.2, 0.25) is 0 Å². The molecule has 0 radical (unpaired) electrons. The number of rotatable bonds is 6. The number of aromatic nitrogens is 2. The molecular formula is C59H35N3O2S. The van der Waals surface area contributed by atoms with Crippen LogP contribution >= 0.6 is 11.3 Å². The number of furan rings is 2. The molecule has 0 fully saturated rings. The molecule has 0 bridgehead atoms. The Morgan fingerprint density at radius 1 is 0.415 bits per heavy atom. The highest BCUT2D eigenvalue weighted by molar-refractivity contribution is 7.27. The van der Waals surface area contributed by atoms with Gasteiger partial charge < -0.3 is 13.7 Å². The predicted molar refractivity (Wildman–Crippen MR) is 272 cm³/mol. The third-order valence-electron chi connectivity index (χ3n) is 13.0. The van der Waals surface area contributed by atoms with E-state index >= 15 is 0 Å². The fourth-order valence-electron chi connectivity index (χ4n) is 10.1. The van der Waals surface area contributed by atoms with Crippen molar-refractivity contribution in [3.8, 4) is 28.1 Å². The lowest BCUT2D eigenvalue weighted by Crippen LogP contribution is -2.09. The number of anilines is 3. The van der Waals surface area contributed by atoms with Gasteiger partial charge in [-0.2, -0.15) is 0 Å². The van der Waals surface area contributed by atoms with Crippen molar-refractivity contribution < 1.29 is 8.83 Å². The third kappa shape index (κ3) is 5.48. The van der Waals surface area contributed by atoms with E-state index in [-0.39, 0.29) is 0 Å². The van der Waals surface area contributed by atoms with Crippen molar-refractivity contribution in [2.24, 2.45) is 0 Å². The van der Waals surface area contributed by atoms with Gasteiger partial charge in [-0.1, -0.05) is 121 Å². The normalized spacial score (nSPS) is 12.0. The highest BCUT2D eigenvalue weighted by Gasteiger charge is 2.24. The van der Waals surface area contributed by atoms with Crippen LogP contribution in [0.5, 0.6) is 0 Å². The maximum Gasteiger partial charge on any atom is 0.144 e. The van der Waals surface area contributed by atoms with Gasteiger partial charge in [-0.3, -0.25) is 4.57 Å². The van der Waals surface area contributed by atoms with Crippen molar-refractivity contribution in [3.63, 3.8) is 0 Å². The minimum atomic E-state index is 0.860. The third-order valence-corrected chi connectivity index (χ3v) is 14.3. The van der Waals surface area contributed by atoms with E-state index in [0.29, 0.717) is 0 Å². The summed E-state index contributed by atoms with van der Waals surface area (Å²) in [7, 11) is 0. The largest absolute Gasteiger partial charge is 0.456 e. The van der Waals surface area contributed by atoms with Crippen LogP contribution in [0.1, 0.15) is 0 Å². The molecule has 0 aliphatic rings. The highest BCUT2D eigenvalue weighted by atomic mass is 32.1. The van der Waals surface area contributed by atoms with Crippen molar-refractivity contribution in [2.45, 2.75) is 0 Å². The number of fused-ring (bicyclic) bond motifs is 13. The van der Waals surface area contributed by atoms with Gasteiger partial charge in [-0.15, -0.1) is 11.3 Å². The van der Waals surface area contributed by atoms with Gasteiger partial charge in [0.1, 0.15) is 28.1 Å². The molecular weight excluding hydrogens is 815 g/mol. The number of thiophene rings is 1. The van der Waals surface area contributed by atoms with Crippen LogP contribution in [0.4, 0.5) is 17.1 Å². The molecule has 0 N–H and O–H groups in total. The first-order chi connectivity index (χ1) is 32.2. The number of hydrogen-bond acceptors (Lipinski definition) is 5. The van der Waals surface area contributed by atoms with Crippen molar-refractivity contribution in [2.75, 3.05) is 4.90 Å². The summed E-state index contributed by atoms with van der Waals surface area (Å²) in [6, 6.07) is 73.4. The first kappa shape index (κ1) is 36.1. The summed E-state index contributed by atoms with van der Waals surface area (Å²) in [5.74, 6) is 0.898. The average molecular weight is 850 g/mol. The summed E-state index contributed by atoms with van der Waals surface area (Å²) in [6.45, 7) is 0. The quantitative estimate of drug-likeness (QED) is 0.167. The van der Waals surface area contributed by atoms with Crippen LogP contribution in [-0.2, 0) is 0 Å². The molecule has 0 atom stereocenters. The average Bonchev–Trinajstić information content (AvgIpc) is 4.13. The molecule has 0 amide bonds. The second-order valence-corrected chi connectivity index (χ2v) is 17.7. The summed E-state index contributed by atoms with van der Waals surface area (Å²) in [5, 5.41) is 9.09. The van der Waals surface area contributed by atoms with E-state index in [9.17, 15) is 0 Å². The van der Waals surface area contributed by atoms with Crippen molar-refractivity contribution >= 4 is 114 Å². The van der Waals surface area contributed by atoms with E-state index < -0.39 is 0 Å². The highest BCUT2D eigenvalue weighted by Crippen LogP contribution is 2.51. The summed E-state index contributed by atoms with van der Waals surface area (Å²) >= 11 is 1.83. The number of para-hydroxylation sites is 3. The molecule has 0 unspecified atom stereocenters. The van der Waals surface area contributed by atoms with Crippen LogP contribution < -0.4 is 4.90 Å². The predicted octanol–water partition coefficient (Wildman–Crippen LogP) is 17.1. The van der Waals surface area contributed by atoms with Gasteiger partial charge in [-0.05, 0) is 95.6 Å². The fraction of sp³-hybridized carbons (Fsp3) is 0. The molecule has 5 heterocycles. The van der Waals surface area contributed by atoms with Crippen molar-refractivity contribution in [1.29, 1.82) is 0 Å². The molecule has 0 spiro atoms. The van der Waals surface area contributed by atoms with E-state index in [4.69, 9.17) is 13.8 Å². The Morgan fingerprint density at radius 3 is 2.00 bits per heavy atom. The topological polar surface area (TPSA) is 47.3 Å². The lowest BCUT2D eigenvalue weighted by atomic mass is 9.97. The first-order valence-electron chi connectivity index (χ1n) is 21.8. The lowest BCUT2D eigenvalue weighted by Gasteiger charge is -2.26. The Bertz CT molecular complexity index is 4180. The van der Waals surface area contributed by atoms with Gasteiger partial charge in [0.2, 0.25) is 0 Å². The van der Waals surface area contributed by atoms with Gasteiger partial charge >= 0.3 is 0 Å². The van der Waals surface area contributed by atoms with Crippen molar-refractivity contribution in [1.82, 2.24) is 9.55 Å². The van der Waals surface area contributed by atoms with Crippen LogP contribution in [0.15, 0.2) is 221 Å². The molecule has 14 aromatic rings. The smallest absolute Gasteiger partial charge is 0.144 e.